The number of aryl methyl sites for hydroxylation is 1. The van der Waals surface area contributed by atoms with Gasteiger partial charge in [0.2, 0.25) is 0 Å². The van der Waals surface area contributed by atoms with Crippen molar-refractivity contribution >= 4 is 5.97 Å². The maximum absolute atomic E-state index is 12.5. The van der Waals surface area contributed by atoms with Gasteiger partial charge in [0.25, 0.3) is 0 Å². The Morgan fingerprint density at radius 3 is 2.61 bits per heavy atom. The minimum atomic E-state index is -4.24. The third kappa shape index (κ3) is 3.46. The summed E-state index contributed by atoms with van der Waals surface area (Å²) in [6, 6.07) is 1.10. The van der Waals surface area contributed by atoms with Gasteiger partial charge in [0.15, 0.2) is 0 Å². The van der Waals surface area contributed by atoms with E-state index in [4.69, 9.17) is 9.52 Å². The van der Waals surface area contributed by atoms with Crippen LogP contribution >= 0.6 is 0 Å². The van der Waals surface area contributed by atoms with Crippen molar-refractivity contribution in [1.82, 2.24) is 0 Å². The van der Waals surface area contributed by atoms with Crippen molar-refractivity contribution in [3.63, 3.8) is 0 Å². The van der Waals surface area contributed by atoms with Gasteiger partial charge in [0.1, 0.15) is 30.3 Å². The highest BCUT2D eigenvalue weighted by atomic mass is 19.3. The molecule has 0 bridgehead atoms. The lowest BCUT2D eigenvalue weighted by Crippen LogP contribution is -2.32. The molecule has 0 aliphatic rings. The van der Waals surface area contributed by atoms with Crippen molar-refractivity contribution in [1.29, 1.82) is 0 Å². The molecule has 1 N–H and O–H groups in total. The van der Waals surface area contributed by atoms with Gasteiger partial charge in [-0.15, -0.1) is 0 Å². The number of rotatable bonds is 6. The average Bonchev–Trinajstić information content (AvgIpc) is 2.59. The summed E-state index contributed by atoms with van der Waals surface area (Å²) < 4.78 is 57.8. The van der Waals surface area contributed by atoms with E-state index in [0.29, 0.717) is 0 Å². The van der Waals surface area contributed by atoms with Gasteiger partial charge in [-0.25, -0.2) is 13.6 Å². The lowest BCUT2D eigenvalue weighted by Gasteiger charge is -2.14. The van der Waals surface area contributed by atoms with Crippen LogP contribution in [-0.2, 0) is 11.3 Å². The van der Waals surface area contributed by atoms with Crippen LogP contribution in [0.25, 0.3) is 0 Å². The smallest absolute Gasteiger partial charge is 0.339 e. The molecule has 0 amide bonds. The molecule has 0 saturated heterocycles. The Bertz CT molecular complexity index is 428. The normalized spacial score (nSPS) is 12.1. The maximum Gasteiger partial charge on any atom is 0.339 e. The molecule has 4 nitrogen and oxygen atoms in total. The summed E-state index contributed by atoms with van der Waals surface area (Å²) in [6.45, 7) is -0.593. The Hall–Kier alpha value is -1.57. The molecule has 0 spiro atoms. The van der Waals surface area contributed by atoms with Crippen molar-refractivity contribution in [2.45, 2.75) is 25.9 Å². The van der Waals surface area contributed by atoms with Gasteiger partial charge in [-0.2, -0.15) is 8.78 Å². The van der Waals surface area contributed by atoms with E-state index in [1.54, 1.807) is 0 Å². The summed E-state index contributed by atoms with van der Waals surface area (Å²) in [5, 5.41) is 8.69. The van der Waals surface area contributed by atoms with E-state index in [1.165, 1.54) is 6.92 Å². The molecule has 8 heteroatoms. The first kappa shape index (κ1) is 14.5. The van der Waals surface area contributed by atoms with Crippen LogP contribution in [-0.4, -0.2) is 30.0 Å². The van der Waals surface area contributed by atoms with Crippen LogP contribution in [0.4, 0.5) is 17.6 Å². The lowest BCUT2D eigenvalue weighted by atomic mass is 10.2. The average molecular weight is 270 g/mol. The van der Waals surface area contributed by atoms with Crippen molar-refractivity contribution < 1.29 is 36.6 Å². The molecule has 1 aromatic heterocycles. The van der Waals surface area contributed by atoms with Gasteiger partial charge in [0, 0.05) is 0 Å². The summed E-state index contributed by atoms with van der Waals surface area (Å²) in [4.78, 5) is 10.6. The Labute approximate surface area is 99.1 Å². The zero-order chi connectivity index (χ0) is 13.9. The van der Waals surface area contributed by atoms with E-state index in [1.807, 2.05) is 0 Å². The first-order valence-corrected chi connectivity index (χ1v) is 4.80. The predicted octanol–water partition coefficient (Wildman–Crippen LogP) is 2.70. The number of aromatic carboxylic acids is 1. The van der Waals surface area contributed by atoms with E-state index in [9.17, 15) is 22.4 Å². The van der Waals surface area contributed by atoms with E-state index in [-0.39, 0.29) is 17.1 Å². The lowest BCUT2D eigenvalue weighted by molar-refractivity contribution is -0.169. The standard InChI is InChI=1S/C10H10F4O4/c1-5-7(8(15)16)2-6(18-5)3-17-4-10(13,14)9(11)12/h2,9H,3-4H2,1H3,(H,15,16). The maximum atomic E-state index is 12.5. The molecule has 0 aliphatic heterocycles. The number of halogens is 4. The van der Waals surface area contributed by atoms with Crippen LogP contribution < -0.4 is 0 Å². The second-order valence-corrected chi connectivity index (χ2v) is 3.54. The van der Waals surface area contributed by atoms with E-state index < -0.39 is 31.5 Å². The molecule has 1 heterocycles. The zero-order valence-corrected chi connectivity index (χ0v) is 9.25. The van der Waals surface area contributed by atoms with Gasteiger partial charge >= 0.3 is 18.3 Å². The first-order chi connectivity index (χ1) is 8.24. The molecule has 0 saturated carbocycles. The highest BCUT2D eigenvalue weighted by Gasteiger charge is 2.41. The van der Waals surface area contributed by atoms with Crippen LogP contribution in [0.2, 0.25) is 0 Å². The number of carboxylic acids is 1. The molecule has 0 unspecified atom stereocenters. The topological polar surface area (TPSA) is 59.7 Å². The molecule has 1 aromatic rings. The van der Waals surface area contributed by atoms with Gasteiger partial charge in [-0.05, 0) is 13.0 Å². The fraction of sp³-hybridized carbons (Fsp3) is 0.500. The quantitative estimate of drug-likeness (QED) is 0.807. The SMILES string of the molecule is Cc1oc(COCC(F)(F)C(F)F)cc1C(=O)O. The highest BCUT2D eigenvalue weighted by molar-refractivity contribution is 5.88. The van der Waals surface area contributed by atoms with E-state index >= 15 is 0 Å². The predicted molar refractivity (Wildman–Crippen MR) is 51.0 cm³/mol. The molecule has 0 atom stereocenters. The van der Waals surface area contributed by atoms with Crippen LogP contribution in [0, 0.1) is 6.92 Å². The molecule has 0 aliphatic carbocycles. The molecule has 0 radical (unpaired) electrons. The van der Waals surface area contributed by atoms with Crippen molar-refractivity contribution in [2.75, 3.05) is 6.61 Å². The monoisotopic (exact) mass is 270 g/mol. The fourth-order valence-electron chi connectivity index (χ4n) is 1.18. The van der Waals surface area contributed by atoms with Gasteiger partial charge in [-0.1, -0.05) is 0 Å². The number of carboxylic acid groups (broad SMARTS) is 1. The van der Waals surface area contributed by atoms with Crippen LogP contribution in [0.15, 0.2) is 10.5 Å². The van der Waals surface area contributed by atoms with Crippen molar-refractivity contribution in [3.05, 3.63) is 23.2 Å². The van der Waals surface area contributed by atoms with E-state index in [2.05, 4.69) is 4.74 Å². The first-order valence-electron chi connectivity index (χ1n) is 4.80. The molecule has 102 valence electrons. The molecular weight excluding hydrogens is 260 g/mol. The summed E-state index contributed by atoms with van der Waals surface area (Å²) >= 11 is 0. The van der Waals surface area contributed by atoms with Crippen molar-refractivity contribution in [3.8, 4) is 0 Å². The Morgan fingerprint density at radius 1 is 1.56 bits per heavy atom. The minimum absolute atomic E-state index is 0.0185. The fourth-order valence-corrected chi connectivity index (χ4v) is 1.18. The van der Waals surface area contributed by atoms with Crippen molar-refractivity contribution in [2.24, 2.45) is 0 Å². The number of hydrogen-bond acceptors (Lipinski definition) is 3. The number of furan rings is 1. The van der Waals surface area contributed by atoms with Gasteiger partial charge in [0.05, 0.1) is 0 Å². The summed E-state index contributed by atoms with van der Waals surface area (Å²) in [7, 11) is 0. The third-order valence-electron chi connectivity index (χ3n) is 2.06. The molecule has 18 heavy (non-hydrogen) atoms. The second-order valence-electron chi connectivity index (χ2n) is 3.54. The summed E-state index contributed by atoms with van der Waals surface area (Å²) in [5.41, 5.74) is -0.130. The Morgan fingerprint density at radius 2 is 2.17 bits per heavy atom. The second kappa shape index (κ2) is 5.38. The van der Waals surface area contributed by atoms with E-state index in [0.717, 1.165) is 6.07 Å². The minimum Gasteiger partial charge on any atom is -0.478 e. The molecule has 0 fully saturated rings. The third-order valence-corrected chi connectivity index (χ3v) is 2.06. The Kier molecular flexibility index (Phi) is 4.33. The zero-order valence-electron chi connectivity index (χ0n) is 9.25. The highest BCUT2D eigenvalue weighted by Crippen LogP contribution is 2.23. The molecular formula is C10H10F4O4. The number of ether oxygens (including phenoxy) is 1. The van der Waals surface area contributed by atoms with Gasteiger partial charge < -0.3 is 14.3 Å². The number of carbonyl (C=O) groups is 1. The van der Waals surface area contributed by atoms with Crippen LogP contribution in [0.1, 0.15) is 21.9 Å². The summed E-state index contributed by atoms with van der Waals surface area (Å²) in [6.07, 6.45) is -3.81. The molecule has 1 rings (SSSR count). The Balaban J connectivity index is 2.55. The van der Waals surface area contributed by atoms with Gasteiger partial charge in [-0.3, -0.25) is 0 Å². The summed E-state index contributed by atoms with van der Waals surface area (Å²) in [5.74, 6) is -5.41. The van der Waals surface area contributed by atoms with Crippen LogP contribution in [0.5, 0.6) is 0 Å². The largest absolute Gasteiger partial charge is 0.478 e. The van der Waals surface area contributed by atoms with Crippen LogP contribution in [0.3, 0.4) is 0 Å². The number of hydrogen-bond donors (Lipinski definition) is 1. The number of alkyl halides is 4. The molecule has 0 aromatic carbocycles.